The van der Waals surface area contributed by atoms with Crippen molar-refractivity contribution in [1.29, 1.82) is 5.26 Å². The summed E-state index contributed by atoms with van der Waals surface area (Å²) in [6, 6.07) is 4.70. The number of nitriles is 1. The molecule has 0 amide bonds. The molecule has 10 heteroatoms. The predicted octanol–water partition coefficient (Wildman–Crippen LogP) is 2.30. The van der Waals surface area contributed by atoms with E-state index in [-0.39, 0.29) is 23.5 Å². The number of hydrogen-bond donors (Lipinski definition) is 0. The Balaban J connectivity index is 1.31. The van der Waals surface area contributed by atoms with Crippen LogP contribution in [-0.4, -0.2) is 30.4 Å². The Morgan fingerprint density at radius 1 is 1.13 bits per heavy atom. The summed E-state index contributed by atoms with van der Waals surface area (Å²) >= 11 is 0. The van der Waals surface area contributed by atoms with Gasteiger partial charge in [0.25, 0.3) is 0 Å². The van der Waals surface area contributed by atoms with Crippen LogP contribution < -0.4 is 10.4 Å². The van der Waals surface area contributed by atoms with E-state index in [4.69, 9.17) is 10.00 Å². The number of halogens is 2. The van der Waals surface area contributed by atoms with Gasteiger partial charge in [0.05, 0.1) is 24.5 Å². The average Bonchev–Trinajstić information content (AvgIpc) is 3.24. The Kier molecular flexibility index (Phi) is 4.31. The SMILES string of the molecule is N#Cc1cnc(OC2CC(n3nc4n(c3=O)[C@H](c3cc(F)cc(F)c3)CC4)C2)cn1. The number of rotatable bonds is 4. The third kappa shape index (κ3) is 3.12. The molecule has 2 aliphatic rings. The minimum absolute atomic E-state index is 0.114. The molecule has 30 heavy (non-hydrogen) atoms. The first-order valence-corrected chi connectivity index (χ1v) is 9.56. The first-order chi connectivity index (χ1) is 14.5. The highest BCUT2D eigenvalue weighted by Crippen LogP contribution is 2.35. The lowest BCUT2D eigenvalue weighted by Crippen LogP contribution is -2.41. The number of aryl methyl sites for hydroxylation is 1. The summed E-state index contributed by atoms with van der Waals surface area (Å²) in [6.45, 7) is 0. The maximum atomic E-state index is 13.6. The van der Waals surface area contributed by atoms with Gasteiger partial charge in [-0.05, 0) is 24.1 Å². The quantitative estimate of drug-likeness (QED) is 0.655. The van der Waals surface area contributed by atoms with Crippen molar-refractivity contribution < 1.29 is 13.5 Å². The van der Waals surface area contributed by atoms with E-state index >= 15 is 0 Å². The zero-order valence-corrected chi connectivity index (χ0v) is 15.7. The molecule has 5 rings (SSSR count). The highest BCUT2D eigenvalue weighted by molar-refractivity contribution is 5.25. The molecule has 2 aromatic heterocycles. The van der Waals surface area contributed by atoms with Crippen molar-refractivity contribution in [2.45, 2.75) is 43.9 Å². The molecule has 0 saturated heterocycles. The standard InChI is InChI=1S/C20H16F2N6O2/c21-12-3-11(4-13(22)5-12)17-1-2-18-26-28(20(29)27(17)18)15-6-16(7-15)30-19-10-24-14(8-23)9-25-19/h3-5,9-10,15-17H,1-2,6-7H2/t15?,16?,17-/m0/s1. The van der Waals surface area contributed by atoms with E-state index in [2.05, 4.69) is 15.1 Å². The minimum atomic E-state index is -0.663. The van der Waals surface area contributed by atoms with E-state index in [1.807, 2.05) is 6.07 Å². The van der Waals surface area contributed by atoms with Gasteiger partial charge in [0, 0.05) is 25.3 Å². The van der Waals surface area contributed by atoms with Crippen molar-refractivity contribution in [3.05, 3.63) is 69.8 Å². The molecule has 0 radical (unpaired) electrons. The molecule has 1 fully saturated rings. The van der Waals surface area contributed by atoms with Gasteiger partial charge in [-0.15, -0.1) is 0 Å². The molecule has 0 bridgehead atoms. The summed E-state index contributed by atoms with van der Waals surface area (Å²) in [6.07, 6.45) is 4.91. The van der Waals surface area contributed by atoms with E-state index in [1.165, 1.54) is 33.8 Å². The van der Waals surface area contributed by atoms with Gasteiger partial charge in [-0.2, -0.15) is 10.4 Å². The minimum Gasteiger partial charge on any atom is -0.473 e. The van der Waals surface area contributed by atoms with Crippen molar-refractivity contribution in [3.63, 3.8) is 0 Å². The first kappa shape index (κ1) is 18.4. The van der Waals surface area contributed by atoms with Gasteiger partial charge in [-0.1, -0.05) is 0 Å². The maximum Gasteiger partial charge on any atom is 0.346 e. The van der Waals surface area contributed by atoms with Crippen LogP contribution in [0, 0.1) is 23.0 Å². The Hall–Kier alpha value is -3.61. The van der Waals surface area contributed by atoms with E-state index in [1.54, 1.807) is 0 Å². The van der Waals surface area contributed by atoms with Crippen molar-refractivity contribution >= 4 is 0 Å². The molecule has 8 nitrogen and oxygen atoms in total. The van der Waals surface area contributed by atoms with Gasteiger partial charge in [-0.3, -0.25) is 4.57 Å². The number of ether oxygens (including phenoxy) is 1. The number of fused-ring (bicyclic) bond motifs is 1. The van der Waals surface area contributed by atoms with Gasteiger partial charge < -0.3 is 4.74 Å². The van der Waals surface area contributed by atoms with Crippen LogP contribution in [0.15, 0.2) is 35.4 Å². The number of aromatic nitrogens is 5. The second-order valence-electron chi connectivity index (χ2n) is 7.49. The fourth-order valence-electron chi connectivity index (χ4n) is 4.08. The van der Waals surface area contributed by atoms with Gasteiger partial charge in [0.2, 0.25) is 5.88 Å². The second kappa shape index (κ2) is 7.02. The van der Waals surface area contributed by atoms with Crippen LogP contribution in [0.2, 0.25) is 0 Å². The molecule has 1 atom stereocenters. The summed E-state index contributed by atoms with van der Waals surface area (Å²) in [7, 11) is 0. The molecule has 152 valence electrons. The molecule has 3 aromatic rings. The number of benzene rings is 1. The van der Waals surface area contributed by atoms with Gasteiger partial charge >= 0.3 is 5.69 Å². The van der Waals surface area contributed by atoms with Gasteiger partial charge in [0.15, 0.2) is 5.69 Å². The van der Waals surface area contributed by atoms with Crippen LogP contribution in [0.1, 0.15) is 48.4 Å². The normalized spacial score (nSPS) is 22.2. The third-order valence-corrected chi connectivity index (χ3v) is 5.57. The smallest absolute Gasteiger partial charge is 0.346 e. The molecule has 1 saturated carbocycles. The first-order valence-electron chi connectivity index (χ1n) is 9.56. The van der Waals surface area contributed by atoms with E-state index in [0.29, 0.717) is 43.0 Å². The largest absolute Gasteiger partial charge is 0.473 e. The monoisotopic (exact) mass is 410 g/mol. The average molecular weight is 410 g/mol. The van der Waals surface area contributed by atoms with Crippen molar-refractivity contribution in [2.75, 3.05) is 0 Å². The van der Waals surface area contributed by atoms with Gasteiger partial charge in [0.1, 0.15) is 29.6 Å². The van der Waals surface area contributed by atoms with Crippen LogP contribution in [0.3, 0.4) is 0 Å². The van der Waals surface area contributed by atoms with Crippen LogP contribution in [0.4, 0.5) is 8.78 Å². The second-order valence-corrected chi connectivity index (χ2v) is 7.49. The van der Waals surface area contributed by atoms with Gasteiger partial charge in [-0.25, -0.2) is 28.2 Å². The van der Waals surface area contributed by atoms with Crippen LogP contribution >= 0.6 is 0 Å². The highest BCUT2D eigenvalue weighted by Gasteiger charge is 2.38. The van der Waals surface area contributed by atoms with Crippen molar-refractivity contribution in [1.82, 2.24) is 24.3 Å². The number of nitrogens with zero attached hydrogens (tertiary/aromatic N) is 6. The fourth-order valence-corrected chi connectivity index (χ4v) is 4.08. The summed E-state index contributed by atoms with van der Waals surface area (Å²) in [4.78, 5) is 20.9. The van der Waals surface area contributed by atoms with E-state index in [0.717, 1.165) is 6.07 Å². The lowest BCUT2D eigenvalue weighted by atomic mass is 9.89. The van der Waals surface area contributed by atoms with E-state index < -0.39 is 17.7 Å². The summed E-state index contributed by atoms with van der Waals surface area (Å²) in [5.74, 6) is -0.380. The molecular formula is C20H16F2N6O2. The number of hydrogen-bond acceptors (Lipinski definition) is 6. The summed E-state index contributed by atoms with van der Waals surface area (Å²) < 4.78 is 36.0. The van der Waals surface area contributed by atoms with Crippen molar-refractivity contribution in [2.24, 2.45) is 0 Å². The topological polar surface area (TPSA) is 98.6 Å². The Bertz CT molecular complexity index is 1190. The summed E-state index contributed by atoms with van der Waals surface area (Å²) in [5.41, 5.74) is 0.363. The maximum absolute atomic E-state index is 13.6. The molecule has 0 spiro atoms. The molecule has 0 unspecified atom stereocenters. The molecule has 0 N–H and O–H groups in total. The zero-order valence-electron chi connectivity index (χ0n) is 15.7. The Morgan fingerprint density at radius 2 is 1.90 bits per heavy atom. The summed E-state index contributed by atoms with van der Waals surface area (Å²) in [5, 5.41) is 13.2. The lowest BCUT2D eigenvalue weighted by molar-refractivity contribution is 0.0581. The fraction of sp³-hybridized carbons (Fsp3) is 0.350. The lowest BCUT2D eigenvalue weighted by Gasteiger charge is -2.34. The molecule has 3 heterocycles. The van der Waals surface area contributed by atoms with Crippen LogP contribution in [0.25, 0.3) is 0 Å². The molecule has 1 aromatic carbocycles. The Morgan fingerprint density at radius 3 is 2.57 bits per heavy atom. The third-order valence-electron chi connectivity index (χ3n) is 5.57. The van der Waals surface area contributed by atoms with E-state index in [9.17, 15) is 13.6 Å². The molecular weight excluding hydrogens is 394 g/mol. The van der Waals surface area contributed by atoms with Crippen LogP contribution in [0.5, 0.6) is 5.88 Å². The van der Waals surface area contributed by atoms with Crippen LogP contribution in [-0.2, 0) is 6.42 Å². The molecule has 1 aliphatic carbocycles. The predicted molar refractivity (Wildman–Crippen MR) is 98.7 cm³/mol. The highest BCUT2D eigenvalue weighted by atomic mass is 19.1. The van der Waals surface area contributed by atoms with Crippen molar-refractivity contribution in [3.8, 4) is 11.9 Å². The zero-order chi connectivity index (χ0) is 20.8. The molecule has 1 aliphatic heterocycles. The Labute approximate surface area is 169 Å².